The quantitative estimate of drug-likeness (QED) is 0.383. The second-order valence-electron chi connectivity index (χ2n) is 5.46. The molecule has 0 radical (unpaired) electrons. The summed E-state index contributed by atoms with van der Waals surface area (Å²) in [6, 6.07) is 11.2. The molecule has 0 spiro atoms. The van der Waals surface area contributed by atoms with Gasteiger partial charge in [0, 0.05) is 22.4 Å². The summed E-state index contributed by atoms with van der Waals surface area (Å²) in [5.41, 5.74) is 21.6. The first-order valence-electron chi connectivity index (χ1n) is 7.73. The molecule has 0 aliphatic heterocycles. The standard InChI is InChI=1S/C17H19N3O2.C2H7N/c1-10-6-7-15(22-2)13(8-10)11-4-3-5-12(16(11)19)17(20)14(18)9-21;1-3-2/h3-9H,18-20H2,1-2H3;3H,1-2H3/b17-14+;. The molecule has 6 nitrogen and oxygen atoms in total. The van der Waals surface area contributed by atoms with Crippen LogP contribution in [0.15, 0.2) is 42.1 Å². The van der Waals surface area contributed by atoms with E-state index >= 15 is 0 Å². The number of nitrogens with one attached hydrogen (secondary N) is 1. The third kappa shape index (κ3) is 4.74. The van der Waals surface area contributed by atoms with Crippen molar-refractivity contribution in [2.45, 2.75) is 6.92 Å². The van der Waals surface area contributed by atoms with Gasteiger partial charge in [-0.3, -0.25) is 4.79 Å². The van der Waals surface area contributed by atoms with E-state index in [4.69, 9.17) is 21.9 Å². The van der Waals surface area contributed by atoms with Gasteiger partial charge in [-0.1, -0.05) is 29.8 Å². The minimum Gasteiger partial charge on any atom is -0.496 e. The van der Waals surface area contributed by atoms with Crippen LogP contribution in [0.3, 0.4) is 0 Å². The Hall–Kier alpha value is -2.99. The average Bonchev–Trinajstić information content (AvgIpc) is 2.61. The summed E-state index contributed by atoms with van der Waals surface area (Å²) in [6.45, 7) is 1.99. The SMILES string of the molecule is CNC.COc1ccc(C)cc1-c1cccc(/C(N)=C(\N)C=O)c1N. The van der Waals surface area contributed by atoms with Crippen molar-refractivity contribution < 1.29 is 9.53 Å². The number of aldehydes is 1. The Morgan fingerprint density at radius 3 is 2.32 bits per heavy atom. The number of carbonyl (C=O) groups is 1. The first-order valence-corrected chi connectivity index (χ1v) is 7.73. The number of anilines is 1. The maximum atomic E-state index is 10.8. The van der Waals surface area contributed by atoms with Crippen molar-refractivity contribution in [3.63, 3.8) is 0 Å². The number of nitrogen functional groups attached to an aromatic ring is 1. The van der Waals surface area contributed by atoms with Crippen molar-refractivity contribution in [2.24, 2.45) is 11.5 Å². The van der Waals surface area contributed by atoms with Gasteiger partial charge in [0.1, 0.15) is 5.75 Å². The minimum absolute atomic E-state index is 0.0416. The van der Waals surface area contributed by atoms with Crippen LogP contribution in [0, 0.1) is 6.92 Å². The highest BCUT2D eigenvalue weighted by Gasteiger charge is 2.14. The molecule has 2 rings (SSSR count). The van der Waals surface area contributed by atoms with Crippen LogP contribution >= 0.6 is 0 Å². The zero-order valence-electron chi connectivity index (χ0n) is 15.1. The van der Waals surface area contributed by atoms with Gasteiger partial charge in [0.25, 0.3) is 0 Å². The lowest BCUT2D eigenvalue weighted by Crippen LogP contribution is -2.11. The van der Waals surface area contributed by atoms with E-state index in [1.807, 2.05) is 51.4 Å². The summed E-state index contributed by atoms with van der Waals surface area (Å²) in [6.07, 6.45) is 0.509. The normalized spacial score (nSPS) is 11.0. The third-order valence-electron chi connectivity index (χ3n) is 3.48. The highest BCUT2D eigenvalue weighted by Crippen LogP contribution is 2.37. The van der Waals surface area contributed by atoms with Crippen LogP contribution in [0.4, 0.5) is 5.69 Å². The zero-order chi connectivity index (χ0) is 19.0. The van der Waals surface area contributed by atoms with Gasteiger partial charge < -0.3 is 27.3 Å². The number of aryl methyl sites for hydroxylation is 1. The van der Waals surface area contributed by atoms with Crippen molar-refractivity contribution in [2.75, 3.05) is 26.9 Å². The van der Waals surface area contributed by atoms with Gasteiger partial charge >= 0.3 is 0 Å². The van der Waals surface area contributed by atoms with Crippen molar-refractivity contribution in [1.82, 2.24) is 5.32 Å². The number of para-hydroxylation sites is 1. The molecule has 0 saturated heterocycles. The number of hydrogen-bond acceptors (Lipinski definition) is 6. The Kier molecular flexibility index (Phi) is 7.49. The van der Waals surface area contributed by atoms with E-state index in [0.717, 1.165) is 16.7 Å². The van der Waals surface area contributed by atoms with E-state index in [1.165, 1.54) is 0 Å². The molecule has 0 atom stereocenters. The van der Waals surface area contributed by atoms with Gasteiger partial charge in [-0.2, -0.15) is 0 Å². The van der Waals surface area contributed by atoms with Crippen LogP contribution in [0.25, 0.3) is 16.8 Å². The Morgan fingerprint density at radius 1 is 1.12 bits per heavy atom. The maximum Gasteiger partial charge on any atom is 0.167 e. The molecule has 0 bridgehead atoms. The van der Waals surface area contributed by atoms with E-state index in [-0.39, 0.29) is 11.4 Å². The summed E-state index contributed by atoms with van der Waals surface area (Å²) in [5.74, 6) is 0.709. The molecule has 0 aromatic heterocycles. The molecule has 7 N–H and O–H groups in total. The number of rotatable bonds is 4. The molecule has 0 fully saturated rings. The molecule has 0 unspecified atom stereocenters. The number of nitrogens with two attached hydrogens (primary N) is 3. The molecule has 0 saturated carbocycles. The van der Waals surface area contributed by atoms with Gasteiger partial charge in [-0.15, -0.1) is 0 Å². The summed E-state index contributed by atoms with van der Waals surface area (Å²) in [4.78, 5) is 10.8. The van der Waals surface area contributed by atoms with E-state index < -0.39 is 0 Å². The first-order chi connectivity index (χ1) is 11.9. The Balaban J connectivity index is 0.000000970. The van der Waals surface area contributed by atoms with Gasteiger partial charge in [-0.25, -0.2) is 0 Å². The van der Waals surface area contributed by atoms with Crippen LogP contribution in [-0.2, 0) is 4.79 Å². The fourth-order valence-corrected chi connectivity index (χ4v) is 2.29. The molecule has 0 amide bonds. The van der Waals surface area contributed by atoms with Crippen LogP contribution in [0.1, 0.15) is 11.1 Å². The van der Waals surface area contributed by atoms with Gasteiger partial charge in [0.2, 0.25) is 0 Å². The third-order valence-corrected chi connectivity index (χ3v) is 3.48. The number of allylic oxidation sites excluding steroid dienone is 1. The number of hydrogen-bond donors (Lipinski definition) is 4. The van der Waals surface area contributed by atoms with Crippen molar-refractivity contribution in [3.8, 4) is 16.9 Å². The Bertz CT molecular complexity index is 770. The monoisotopic (exact) mass is 342 g/mol. The predicted octanol–water partition coefficient (Wildman–Crippen LogP) is 1.87. The highest BCUT2D eigenvalue weighted by atomic mass is 16.5. The molecular formula is C19H26N4O2. The van der Waals surface area contributed by atoms with Crippen LogP contribution in [0.5, 0.6) is 5.75 Å². The second-order valence-corrected chi connectivity index (χ2v) is 5.46. The summed E-state index contributed by atoms with van der Waals surface area (Å²) in [7, 11) is 5.35. The van der Waals surface area contributed by atoms with Gasteiger partial charge in [0.05, 0.1) is 18.5 Å². The Morgan fingerprint density at radius 2 is 1.76 bits per heavy atom. The lowest BCUT2D eigenvalue weighted by atomic mass is 9.96. The minimum atomic E-state index is -0.0416. The number of carbonyl (C=O) groups excluding carboxylic acids is 1. The van der Waals surface area contributed by atoms with Crippen LogP contribution < -0.4 is 27.3 Å². The fraction of sp³-hybridized carbons (Fsp3) is 0.211. The van der Waals surface area contributed by atoms with Crippen molar-refractivity contribution >= 4 is 17.7 Å². The van der Waals surface area contributed by atoms with Crippen molar-refractivity contribution in [1.29, 1.82) is 0 Å². The number of methoxy groups -OCH3 is 1. The molecule has 0 heterocycles. The van der Waals surface area contributed by atoms with E-state index in [9.17, 15) is 4.79 Å². The molecule has 0 aliphatic carbocycles. The van der Waals surface area contributed by atoms with Crippen LogP contribution in [0.2, 0.25) is 0 Å². The Labute approximate surface area is 148 Å². The molecule has 6 heteroatoms. The smallest absolute Gasteiger partial charge is 0.167 e. The second kappa shape index (κ2) is 9.34. The fourth-order valence-electron chi connectivity index (χ4n) is 2.29. The molecule has 0 aliphatic rings. The number of benzene rings is 2. The maximum absolute atomic E-state index is 10.8. The highest BCUT2D eigenvalue weighted by molar-refractivity contribution is 5.93. The van der Waals surface area contributed by atoms with E-state index in [2.05, 4.69) is 5.32 Å². The van der Waals surface area contributed by atoms with Crippen molar-refractivity contribution in [3.05, 3.63) is 53.2 Å². The largest absolute Gasteiger partial charge is 0.496 e. The van der Waals surface area contributed by atoms with Gasteiger partial charge in [0.15, 0.2) is 6.29 Å². The topological polar surface area (TPSA) is 116 Å². The first kappa shape index (κ1) is 20.1. The average molecular weight is 342 g/mol. The zero-order valence-corrected chi connectivity index (χ0v) is 15.1. The van der Waals surface area contributed by atoms with Gasteiger partial charge in [-0.05, 0) is 33.2 Å². The molecule has 25 heavy (non-hydrogen) atoms. The number of ether oxygens (including phenoxy) is 1. The molecule has 2 aromatic rings. The predicted molar refractivity (Wildman–Crippen MR) is 104 cm³/mol. The molecular weight excluding hydrogens is 316 g/mol. The summed E-state index contributed by atoms with van der Waals surface area (Å²) in [5, 5.41) is 2.75. The molecule has 2 aromatic carbocycles. The summed E-state index contributed by atoms with van der Waals surface area (Å²) < 4.78 is 5.40. The lowest BCUT2D eigenvalue weighted by Gasteiger charge is -2.15. The molecule has 134 valence electrons. The van der Waals surface area contributed by atoms with E-state index in [0.29, 0.717) is 23.3 Å². The van der Waals surface area contributed by atoms with E-state index in [1.54, 1.807) is 13.2 Å². The summed E-state index contributed by atoms with van der Waals surface area (Å²) >= 11 is 0. The van der Waals surface area contributed by atoms with Crippen LogP contribution in [-0.4, -0.2) is 27.5 Å². The lowest BCUT2D eigenvalue weighted by molar-refractivity contribution is -0.104.